The van der Waals surface area contributed by atoms with Crippen LogP contribution in [0.2, 0.25) is 0 Å². The second kappa shape index (κ2) is 9.05. The summed E-state index contributed by atoms with van der Waals surface area (Å²) in [5, 5.41) is 10.2. The molecule has 2 aromatic rings. The number of carbonyl (C=O) groups is 1. The monoisotopic (exact) mass is 395 g/mol. The lowest BCUT2D eigenvalue weighted by molar-refractivity contribution is -0.215. The Morgan fingerprint density at radius 3 is 2.61 bits per heavy atom. The molecule has 9 heteroatoms. The van der Waals surface area contributed by atoms with Gasteiger partial charge in [0, 0.05) is 18.6 Å². The molecule has 0 aliphatic heterocycles. The van der Waals surface area contributed by atoms with Crippen LogP contribution < -0.4 is 16.1 Å². The Labute approximate surface area is 161 Å². The van der Waals surface area contributed by atoms with Gasteiger partial charge in [-0.1, -0.05) is 12.1 Å². The molecule has 1 aromatic carbocycles. The summed E-state index contributed by atoms with van der Waals surface area (Å²) in [6.07, 6.45) is -3.69. The number of methoxy groups -OCH3 is 1. The molecule has 154 valence electrons. The number of rotatable bonds is 9. The molecule has 3 atom stereocenters. The Kier molecular flexibility index (Phi) is 7.00. The van der Waals surface area contributed by atoms with Gasteiger partial charge in [0.1, 0.15) is 6.10 Å². The van der Waals surface area contributed by atoms with Crippen LogP contribution in [-0.4, -0.2) is 49.0 Å². The summed E-state index contributed by atoms with van der Waals surface area (Å²) in [6.45, 7) is 4.53. The smallest absolute Gasteiger partial charge is 0.404 e. The number of aliphatic hydroxyl groups is 1. The standard InChI is InChI=1S/C19H25NO8/c1-11(25-13-7-5-6-12-8-9-15(22)27-16(12)13)28-19(2,3)17(24-4)14(10-21)26-18(20)23/h5-9,11,14,17,21H,10H2,1-4H3,(H2,20,23). The molecular formula is C19H25NO8. The lowest BCUT2D eigenvalue weighted by Gasteiger charge is -2.38. The van der Waals surface area contributed by atoms with Crippen molar-refractivity contribution >= 4 is 17.1 Å². The van der Waals surface area contributed by atoms with Gasteiger partial charge in [-0.15, -0.1) is 0 Å². The van der Waals surface area contributed by atoms with E-state index in [0.717, 1.165) is 0 Å². The average molecular weight is 395 g/mol. The minimum atomic E-state index is -1.04. The molecule has 0 radical (unpaired) electrons. The minimum Gasteiger partial charge on any atom is -0.461 e. The van der Waals surface area contributed by atoms with Crippen molar-refractivity contribution in [2.45, 2.75) is 44.9 Å². The number of primary amides is 1. The third-order valence-electron chi connectivity index (χ3n) is 4.10. The van der Waals surface area contributed by atoms with E-state index >= 15 is 0 Å². The molecule has 2 rings (SSSR count). The highest BCUT2D eigenvalue weighted by Crippen LogP contribution is 2.28. The number of benzene rings is 1. The fourth-order valence-electron chi connectivity index (χ4n) is 3.08. The van der Waals surface area contributed by atoms with E-state index in [9.17, 15) is 14.7 Å². The number of hydrogen-bond acceptors (Lipinski definition) is 8. The van der Waals surface area contributed by atoms with Crippen molar-refractivity contribution < 1.29 is 33.3 Å². The van der Waals surface area contributed by atoms with Crippen LogP contribution in [-0.2, 0) is 14.2 Å². The van der Waals surface area contributed by atoms with Gasteiger partial charge in [0.15, 0.2) is 23.7 Å². The first-order valence-corrected chi connectivity index (χ1v) is 8.65. The highest BCUT2D eigenvalue weighted by atomic mass is 16.7. The second-order valence-electron chi connectivity index (χ2n) is 6.65. The molecule has 1 aromatic heterocycles. The average Bonchev–Trinajstić information content (AvgIpc) is 2.60. The molecule has 0 saturated carbocycles. The lowest BCUT2D eigenvalue weighted by atomic mass is 9.96. The predicted molar refractivity (Wildman–Crippen MR) is 100 cm³/mol. The van der Waals surface area contributed by atoms with Crippen molar-refractivity contribution in [2.75, 3.05) is 13.7 Å². The number of para-hydroxylation sites is 1. The minimum absolute atomic E-state index is 0.303. The SMILES string of the molecule is COC(C(CO)OC(N)=O)C(C)(C)OC(C)Oc1cccc2ccc(=O)oc12. The molecule has 3 unspecified atom stereocenters. The summed E-state index contributed by atoms with van der Waals surface area (Å²) in [5.74, 6) is 0.333. The van der Waals surface area contributed by atoms with Crippen LogP contribution in [0.5, 0.6) is 5.75 Å². The highest BCUT2D eigenvalue weighted by molar-refractivity contribution is 5.82. The molecule has 28 heavy (non-hydrogen) atoms. The summed E-state index contributed by atoms with van der Waals surface area (Å²) < 4.78 is 27.2. The van der Waals surface area contributed by atoms with Gasteiger partial charge in [0.25, 0.3) is 0 Å². The van der Waals surface area contributed by atoms with Gasteiger partial charge >= 0.3 is 11.7 Å². The molecule has 0 aliphatic rings. The Morgan fingerprint density at radius 2 is 2.00 bits per heavy atom. The largest absolute Gasteiger partial charge is 0.461 e. The zero-order chi connectivity index (χ0) is 20.9. The van der Waals surface area contributed by atoms with Crippen molar-refractivity contribution in [1.82, 2.24) is 0 Å². The van der Waals surface area contributed by atoms with Gasteiger partial charge in [0.2, 0.25) is 0 Å². The van der Waals surface area contributed by atoms with Crippen molar-refractivity contribution in [3.05, 3.63) is 40.8 Å². The number of nitrogens with two attached hydrogens (primary N) is 1. The molecular weight excluding hydrogens is 370 g/mol. The Bertz CT molecular complexity index is 862. The zero-order valence-electron chi connectivity index (χ0n) is 16.2. The van der Waals surface area contributed by atoms with Crippen LogP contribution in [0.3, 0.4) is 0 Å². The maximum atomic E-state index is 11.5. The van der Waals surface area contributed by atoms with E-state index < -0.39 is 42.4 Å². The van der Waals surface area contributed by atoms with Gasteiger partial charge in [-0.3, -0.25) is 0 Å². The van der Waals surface area contributed by atoms with E-state index in [1.165, 1.54) is 13.2 Å². The Hall–Kier alpha value is -2.62. The Balaban J connectivity index is 2.18. The summed E-state index contributed by atoms with van der Waals surface area (Å²) in [5.41, 5.74) is 3.81. The van der Waals surface area contributed by atoms with Crippen LogP contribution in [0.1, 0.15) is 20.8 Å². The summed E-state index contributed by atoms with van der Waals surface area (Å²) in [4.78, 5) is 22.6. The van der Waals surface area contributed by atoms with E-state index in [1.807, 2.05) is 0 Å². The van der Waals surface area contributed by atoms with Crippen LogP contribution >= 0.6 is 0 Å². The molecule has 0 spiro atoms. The van der Waals surface area contributed by atoms with E-state index in [1.54, 1.807) is 45.0 Å². The molecule has 0 fully saturated rings. The van der Waals surface area contributed by atoms with E-state index in [-0.39, 0.29) is 0 Å². The summed E-state index contributed by atoms with van der Waals surface area (Å²) in [7, 11) is 1.40. The summed E-state index contributed by atoms with van der Waals surface area (Å²) >= 11 is 0. The maximum absolute atomic E-state index is 11.5. The van der Waals surface area contributed by atoms with Crippen molar-refractivity contribution in [1.29, 1.82) is 0 Å². The van der Waals surface area contributed by atoms with Crippen molar-refractivity contribution in [3.8, 4) is 5.75 Å². The predicted octanol–water partition coefficient (Wildman–Crippen LogP) is 1.78. The lowest BCUT2D eigenvalue weighted by Crippen LogP contribution is -2.53. The first-order chi connectivity index (χ1) is 13.2. The van der Waals surface area contributed by atoms with E-state index in [2.05, 4.69) is 0 Å². The van der Waals surface area contributed by atoms with Crippen LogP contribution in [0.15, 0.2) is 39.5 Å². The number of hydrogen-bond donors (Lipinski definition) is 2. The summed E-state index contributed by atoms with van der Waals surface area (Å²) in [6, 6.07) is 8.16. The third-order valence-corrected chi connectivity index (χ3v) is 4.10. The highest BCUT2D eigenvalue weighted by Gasteiger charge is 2.40. The molecule has 0 saturated heterocycles. The van der Waals surface area contributed by atoms with Gasteiger partial charge in [0.05, 0.1) is 12.2 Å². The maximum Gasteiger partial charge on any atom is 0.404 e. The van der Waals surface area contributed by atoms with Crippen molar-refractivity contribution in [3.63, 3.8) is 0 Å². The number of aliphatic hydroxyl groups excluding tert-OH is 1. The zero-order valence-corrected chi connectivity index (χ0v) is 16.2. The number of carbonyl (C=O) groups excluding carboxylic acids is 1. The van der Waals surface area contributed by atoms with E-state index in [4.69, 9.17) is 29.1 Å². The van der Waals surface area contributed by atoms with E-state index in [0.29, 0.717) is 16.7 Å². The quantitative estimate of drug-likeness (QED) is 0.485. The first-order valence-electron chi connectivity index (χ1n) is 8.65. The van der Waals surface area contributed by atoms with Crippen LogP contribution in [0.25, 0.3) is 11.0 Å². The normalized spacial score (nSPS) is 15.0. The topological polar surface area (TPSA) is 130 Å². The number of amides is 1. The molecule has 0 aliphatic carbocycles. The number of fused-ring (bicyclic) bond motifs is 1. The number of ether oxygens (including phenoxy) is 4. The van der Waals surface area contributed by atoms with Gasteiger partial charge in [-0.25, -0.2) is 9.59 Å². The Morgan fingerprint density at radius 1 is 1.29 bits per heavy atom. The van der Waals surface area contributed by atoms with Gasteiger partial charge in [-0.05, 0) is 32.9 Å². The first kappa shape index (κ1) is 21.7. The third kappa shape index (κ3) is 5.22. The molecule has 9 nitrogen and oxygen atoms in total. The van der Waals surface area contributed by atoms with Crippen molar-refractivity contribution in [2.24, 2.45) is 5.73 Å². The molecule has 1 amide bonds. The van der Waals surface area contributed by atoms with Gasteiger partial charge in [-0.2, -0.15) is 0 Å². The van der Waals surface area contributed by atoms with Crippen LogP contribution in [0.4, 0.5) is 4.79 Å². The van der Waals surface area contributed by atoms with Crippen LogP contribution in [0, 0.1) is 0 Å². The molecule has 3 N–H and O–H groups in total. The fraction of sp³-hybridized carbons (Fsp3) is 0.474. The molecule has 0 bridgehead atoms. The van der Waals surface area contributed by atoms with Gasteiger partial charge < -0.3 is 34.2 Å². The fourth-order valence-corrected chi connectivity index (χ4v) is 3.08. The molecule has 1 heterocycles. The second-order valence-corrected chi connectivity index (χ2v) is 6.65.